The van der Waals surface area contributed by atoms with Crippen molar-refractivity contribution in [1.29, 1.82) is 0 Å². The SMILES string of the molecule is CCCO[Si](c1ccccc1)(c1ccccc1)[Si](c1ccccc1)(c1ccccc1)[Si](c1ccccc1)(c1ccccc1)[Si](c1ccccc1)c1ccccc1. The summed E-state index contributed by atoms with van der Waals surface area (Å²) in [6.07, 6.45) is 0.920. The van der Waals surface area contributed by atoms with Gasteiger partial charge in [-0.15, -0.1) is 0 Å². The van der Waals surface area contributed by atoms with Crippen molar-refractivity contribution >= 4 is 71.9 Å². The molecule has 5 heteroatoms. The van der Waals surface area contributed by atoms with Crippen LogP contribution >= 0.6 is 0 Å². The van der Waals surface area contributed by atoms with Crippen molar-refractivity contribution in [2.45, 2.75) is 13.3 Å². The van der Waals surface area contributed by atoms with E-state index in [1.54, 1.807) is 0 Å². The van der Waals surface area contributed by atoms with Gasteiger partial charge in [0.1, 0.15) is 15.4 Å². The highest BCUT2D eigenvalue weighted by Crippen LogP contribution is 2.33. The predicted molar refractivity (Wildman–Crippen MR) is 248 cm³/mol. The van der Waals surface area contributed by atoms with Crippen LogP contribution in [0.25, 0.3) is 0 Å². The molecule has 0 aromatic heterocycles. The Kier molecular flexibility index (Phi) is 11.5. The predicted octanol–water partition coefficient (Wildman–Crippen LogP) is 6.24. The van der Waals surface area contributed by atoms with E-state index in [1.807, 2.05) is 0 Å². The van der Waals surface area contributed by atoms with E-state index >= 15 is 0 Å². The van der Waals surface area contributed by atoms with Crippen molar-refractivity contribution in [3.63, 3.8) is 0 Å². The molecule has 0 unspecified atom stereocenters. The second kappa shape index (κ2) is 17.2. The summed E-state index contributed by atoms with van der Waals surface area (Å²) < 4.78 is 8.25. The van der Waals surface area contributed by atoms with Gasteiger partial charge in [-0.05, 0) is 16.8 Å². The van der Waals surface area contributed by atoms with E-state index in [0.717, 1.165) is 6.42 Å². The molecule has 0 N–H and O–H groups in total. The molecule has 0 fully saturated rings. The normalized spacial score (nSPS) is 12.0. The minimum Gasteiger partial charge on any atom is -0.410 e. The lowest BCUT2D eigenvalue weighted by Gasteiger charge is -2.60. The quantitative estimate of drug-likeness (QED) is 0.119. The summed E-state index contributed by atoms with van der Waals surface area (Å²) >= 11 is 0. The Labute approximate surface area is 337 Å². The summed E-state index contributed by atoms with van der Waals surface area (Å²) in [5.74, 6) is 0. The Morgan fingerprint density at radius 2 is 0.607 bits per heavy atom. The van der Waals surface area contributed by atoms with E-state index in [-0.39, 0.29) is 0 Å². The topological polar surface area (TPSA) is 9.23 Å². The smallest absolute Gasteiger partial charge is 0.248 e. The molecule has 8 aromatic rings. The first-order valence-corrected chi connectivity index (χ1v) is 30.1. The number of hydrogen-bond acceptors (Lipinski definition) is 1. The van der Waals surface area contributed by atoms with E-state index in [2.05, 4.69) is 250 Å². The highest BCUT2D eigenvalue weighted by atomic mass is 29.8. The molecule has 0 saturated heterocycles. The molecule has 1 nitrogen and oxygen atoms in total. The van der Waals surface area contributed by atoms with Crippen LogP contribution in [-0.2, 0) is 4.43 Å². The fourth-order valence-corrected chi connectivity index (χ4v) is 74.2. The molecule has 0 atom stereocenters. The van der Waals surface area contributed by atoms with Crippen LogP contribution < -0.4 is 41.5 Å². The molecule has 0 saturated carbocycles. The van der Waals surface area contributed by atoms with Crippen LogP contribution in [0.1, 0.15) is 13.3 Å². The maximum absolute atomic E-state index is 8.25. The molecule has 0 aliphatic heterocycles. The van der Waals surface area contributed by atoms with E-state index in [1.165, 1.54) is 41.5 Å². The average Bonchev–Trinajstić information content (AvgIpc) is 3.29. The molecule has 0 aliphatic rings. The van der Waals surface area contributed by atoms with Gasteiger partial charge in [-0.25, -0.2) is 0 Å². The lowest BCUT2D eigenvalue weighted by atomic mass is 10.4. The zero-order valence-electron chi connectivity index (χ0n) is 31.9. The zero-order valence-corrected chi connectivity index (χ0v) is 35.9. The van der Waals surface area contributed by atoms with E-state index < -0.39 is 30.4 Å². The summed E-state index contributed by atoms with van der Waals surface area (Å²) in [5, 5.41) is 11.4. The third kappa shape index (κ3) is 6.35. The third-order valence-corrected chi connectivity index (χ3v) is 57.8. The van der Waals surface area contributed by atoms with Gasteiger partial charge in [0.25, 0.3) is 0 Å². The maximum atomic E-state index is 8.25. The van der Waals surface area contributed by atoms with Crippen LogP contribution in [0, 0.1) is 0 Å². The first kappa shape index (κ1) is 37.5. The first-order chi connectivity index (χ1) is 27.8. The monoisotopic (exact) mass is 787 g/mol. The van der Waals surface area contributed by atoms with Crippen LogP contribution in [0.15, 0.2) is 243 Å². The van der Waals surface area contributed by atoms with E-state index in [9.17, 15) is 0 Å². The van der Waals surface area contributed by atoms with Gasteiger partial charge in [0.2, 0.25) is 7.83 Å². The molecule has 0 heterocycles. The fraction of sp³-hybridized carbons (Fsp3) is 0.0588. The van der Waals surface area contributed by atoms with Crippen LogP contribution in [0.4, 0.5) is 0 Å². The van der Waals surface area contributed by atoms with Crippen LogP contribution in [0.2, 0.25) is 0 Å². The largest absolute Gasteiger partial charge is 0.410 e. The molecular weight excluding hydrogens is 741 g/mol. The summed E-state index contributed by atoms with van der Waals surface area (Å²) in [6, 6.07) is 93.3. The standard InChI is InChI=1S/C51H47OSi4/c1-2-43-52-54(46-31-15-5-16-32-46,47-33-17-6-18-34-47)56(50-39-23-9-24-40-50,51-41-25-10-26-42-51)55(48-35-19-7-20-36-48,49-37-21-8-22-38-49)53(44-27-11-3-12-28-44)45-29-13-4-14-30-45/h3-42H,2,43H2,1H3. The second-order valence-electron chi connectivity index (χ2n) is 14.3. The first-order valence-electron chi connectivity index (χ1n) is 19.7. The van der Waals surface area contributed by atoms with Crippen molar-refractivity contribution < 1.29 is 4.43 Å². The summed E-state index contributed by atoms with van der Waals surface area (Å²) in [4.78, 5) is 0. The molecule has 1 radical (unpaired) electrons. The molecule has 8 rings (SSSR count). The van der Waals surface area contributed by atoms with E-state index in [4.69, 9.17) is 4.43 Å². The summed E-state index contributed by atoms with van der Waals surface area (Å²) in [6.45, 7) is 2.93. The second-order valence-corrected chi connectivity index (χ2v) is 40.0. The van der Waals surface area contributed by atoms with Crippen LogP contribution in [0.5, 0.6) is 0 Å². The molecule has 0 spiro atoms. The van der Waals surface area contributed by atoms with Gasteiger partial charge in [-0.2, -0.15) is 0 Å². The van der Waals surface area contributed by atoms with Gasteiger partial charge in [-0.3, -0.25) is 0 Å². The molecule has 0 bridgehead atoms. The maximum Gasteiger partial charge on any atom is 0.248 e. The Morgan fingerprint density at radius 1 is 0.339 bits per heavy atom. The third-order valence-electron chi connectivity index (χ3n) is 11.3. The summed E-state index contributed by atoms with van der Waals surface area (Å²) in [5.41, 5.74) is 0. The van der Waals surface area contributed by atoms with Crippen LogP contribution in [0.3, 0.4) is 0 Å². The molecular formula is C51H47OSi4. The lowest BCUT2D eigenvalue weighted by Crippen LogP contribution is -3.04. The lowest BCUT2D eigenvalue weighted by molar-refractivity contribution is 0.326. The van der Waals surface area contributed by atoms with Gasteiger partial charge >= 0.3 is 0 Å². The highest BCUT2D eigenvalue weighted by Gasteiger charge is 2.75. The van der Waals surface area contributed by atoms with Crippen molar-refractivity contribution in [2.75, 3.05) is 6.61 Å². The van der Waals surface area contributed by atoms with Crippen molar-refractivity contribution in [2.24, 2.45) is 0 Å². The Bertz CT molecular complexity index is 2230. The van der Waals surface area contributed by atoms with Gasteiger partial charge < -0.3 is 4.43 Å². The molecule has 8 aromatic carbocycles. The minimum atomic E-state index is -3.44. The van der Waals surface area contributed by atoms with Crippen molar-refractivity contribution in [1.82, 2.24) is 0 Å². The average molecular weight is 788 g/mol. The molecule has 273 valence electrons. The number of hydrogen-bond donors (Lipinski definition) is 0. The number of benzene rings is 8. The molecule has 56 heavy (non-hydrogen) atoms. The Hall–Kier alpha value is -5.41. The summed E-state index contributed by atoms with van der Waals surface area (Å²) in [7, 11) is -11.9. The van der Waals surface area contributed by atoms with E-state index in [0.29, 0.717) is 6.61 Å². The fourth-order valence-electron chi connectivity index (χ4n) is 9.38. The van der Waals surface area contributed by atoms with Crippen molar-refractivity contribution in [3.8, 4) is 0 Å². The Morgan fingerprint density at radius 3 is 0.911 bits per heavy atom. The minimum absolute atomic E-state index is 0.664. The van der Waals surface area contributed by atoms with Gasteiger partial charge in [-0.1, -0.05) is 281 Å². The molecule has 0 aliphatic carbocycles. The zero-order chi connectivity index (χ0) is 38.1. The van der Waals surface area contributed by atoms with Crippen molar-refractivity contribution in [3.05, 3.63) is 243 Å². The number of rotatable bonds is 14. The Balaban J connectivity index is 1.77. The molecule has 0 amide bonds. The van der Waals surface area contributed by atoms with Crippen LogP contribution in [-0.4, -0.2) is 37.0 Å². The van der Waals surface area contributed by atoms with Gasteiger partial charge in [0.05, 0.1) is 0 Å². The van der Waals surface area contributed by atoms with Gasteiger partial charge in [0.15, 0.2) is 7.11 Å². The van der Waals surface area contributed by atoms with Gasteiger partial charge in [0, 0.05) is 6.61 Å². The highest BCUT2D eigenvalue weighted by molar-refractivity contribution is 7.96.